The average Bonchev–Trinajstić information content (AvgIpc) is 2.77. The van der Waals surface area contributed by atoms with Crippen LogP contribution in [0.1, 0.15) is 23.6 Å². The summed E-state index contributed by atoms with van der Waals surface area (Å²) in [6, 6.07) is 7.74. The van der Waals surface area contributed by atoms with Crippen molar-refractivity contribution in [3.63, 3.8) is 0 Å². The van der Waals surface area contributed by atoms with E-state index in [2.05, 4.69) is 16.3 Å². The van der Waals surface area contributed by atoms with Gasteiger partial charge in [-0.2, -0.15) is 5.26 Å². The van der Waals surface area contributed by atoms with Gasteiger partial charge in [0.1, 0.15) is 0 Å². The number of aromatic nitrogens is 3. The third-order valence-corrected chi connectivity index (χ3v) is 3.89. The highest BCUT2D eigenvalue weighted by atomic mass is 32.2. The van der Waals surface area contributed by atoms with Crippen molar-refractivity contribution in [3.8, 4) is 6.07 Å². The van der Waals surface area contributed by atoms with Crippen LogP contribution in [0.25, 0.3) is 0 Å². The molecule has 98 valence electrons. The van der Waals surface area contributed by atoms with Crippen LogP contribution >= 0.6 is 11.8 Å². The minimum absolute atomic E-state index is 0.179. The van der Waals surface area contributed by atoms with Gasteiger partial charge in [0.05, 0.1) is 11.6 Å². The van der Waals surface area contributed by atoms with Gasteiger partial charge in [-0.15, -0.1) is 5.10 Å². The van der Waals surface area contributed by atoms with Crippen molar-refractivity contribution in [2.75, 3.05) is 0 Å². The number of nitrogens with one attached hydrogen (secondary N) is 1. The Morgan fingerprint density at radius 1 is 1.53 bits per heavy atom. The first kappa shape index (κ1) is 13.4. The second kappa shape index (κ2) is 5.76. The van der Waals surface area contributed by atoms with Gasteiger partial charge >= 0.3 is 5.69 Å². The SMILES string of the molecule is CCn1c(SCc2ccc(C#N)cc2C)n[nH]c1=O. The van der Waals surface area contributed by atoms with E-state index in [1.165, 1.54) is 11.8 Å². The van der Waals surface area contributed by atoms with Gasteiger partial charge in [-0.3, -0.25) is 4.57 Å². The van der Waals surface area contributed by atoms with E-state index in [1.807, 2.05) is 26.0 Å². The first-order valence-corrected chi connectivity index (χ1v) is 6.92. The molecule has 1 aromatic heterocycles. The number of aryl methyl sites for hydroxylation is 1. The minimum Gasteiger partial charge on any atom is -0.270 e. The molecule has 0 saturated carbocycles. The third kappa shape index (κ3) is 2.88. The average molecular weight is 274 g/mol. The van der Waals surface area contributed by atoms with Crippen molar-refractivity contribution in [1.82, 2.24) is 14.8 Å². The van der Waals surface area contributed by atoms with Crippen LogP contribution in [0, 0.1) is 18.3 Å². The normalized spacial score (nSPS) is 10.4. The lowest BCUT2D eigenvalue weighted by Crippen LogP contribution is -2.16. The molecular formula is C13H14N4OS. The zero-order valence-corrected chi connectivity index (χ0v) is 11.6. The fourth-order valence-corrected chi connectivity index (χ4v) is 2.85. The Hall–Kier alpha value is -2.00. The molecule has 2 aromatic rings. The summed E-state index contributed by atoms with van der Waals surface area (Å²) in [6.07, 6.45) is 0. The molecule has 6 heteroatoms. The van der Waals surface area contributed by atoms with E-state index in [0.717, 1.165) is 16.9 Å². The van der Waals surface area contributed by atoms with Crippen LogP contribution in [0.3, 0.4) is 0 Å². The molecule has 19 heavy (non-hydrogen) atoms. The molecule has 0 fully saturated rings. The van der Waals surface area contributed by atoms with Crippen molar-refractivity contribution < 1.29 is 0 Å². The molecule has 1 heterocycles. The highest BCUT2D eigenvalue weighted by Gasteiger charge is 2.08. The molecule has 1 aromatic carbocycles. The van der Waals surface area contributed by atoms with E-state index in [1.54, 1.807) is 10.6 Å². The number of thioether (sulfide) groups is 1. The maximum absolute atomic E-state index is 11.4. The summed E-state index contributed by atoms with van der Waals surface area (Å²) in [5.41, 5.74) is 2.70. The zero-order chi connectivity index (χ0) is 13.8. The lowest BCUT2D eigenvalue weighted by molar-refractivity contribution is 0.660. The Morgan fingerprint density at radius 3 is 2.95 bits per heavy atom. The molecule has 0 aliphatic rings. The molecule has 0 unspecified atom stereocenters. The number of aromatic amines is 1. The number of hydrogen-bond donors (Lipinski definition) is 1. The highest BCUT2D eigenvalue weighted by Crippen LogP contribution is 2.22. The maximum Gasteiger partial charge on any atom is 0.343 e. The van der Waals surface area contributed by atoms with Crippen LogP contribution < -0.4 is 5.69 Å². The van der Waals surface area contributed by atoms with Crippen LogP contribution in [-0.4, -0.2) is 14.8 Å². The van der Waals surface area contributed by atoms with Crippen LogP contribution in [-0.2, 0) is 12.3 Å². The Bertz CT molecular complexity index is 681. The molecule has 0 spiro atoms. The summed E-state index contributed by atoms with van der Waals surface area (Å²) in [5.74, 6) is 0.724. The molecule has 0 saturated heterocycles. The molecular weight excluding hydrogens is 260 g/mol. The van der Waals surface area contributed by atoms with Gasteiger partial charge < -0.3 is 0 Å². The lowest BCUT2D eigenvalue weighted by Gasteiger charge is -2.06. The van der Waals surface area contributed by atoms with Crippen molar-refractivity contribution in [2.45, 2.75) is 31.3 Å². The van der Waals surface area contributed by atoms with Gasteiger partial charge in [-0.25, -0.2) is 9.89 Å². The number of hydrogen-bond acceptors (Lipinski definition) is 4. The molecule has 1 N–H and O–H groups in total. The van der Waals surface area contributed by atoms with Crippen LogP contribution in [0.2, 0.25) is 0 Å². The Labute approximate surface area is 115 Å². The number of rotatable bonds is 4. The lowest BCUT2D eigenvalue weighted by atomic mass is 10.1. The van der Waals surface area contributed by atoms with Gasteiger partial charge in [0, 0.05) is 12.3 Å². The van der Waals surface area contributed by atoms with Gasteiger partial charge in [0.15, 0.2) is 5.16 Å². The quantitative estimate of drug-likeness (QED) is 0.866. The summed E-state index contributed by atoms with van der Waals surface area (Å²) in [5, 5.41) is 16.0. The van der Waals surface area contributed by atoms with E-state index in [4.69, 9.17) is 5.26 Å². The number of H-pyrrole nitrogens is 1. The molecule has 0 atom stereocenters. The van der Waals surface area contributed by atoms with Crippen molar-refractivity contribution >= 4 is 11.8 Å². The van der Waals surface area contributed by atoms with Crippen LogP contribution in [0.15, 0.2) is 28.2 Å². The van der Waals surface area contributed by atoms with E-state index in [-0.39, 0.29) is 5.69 Å². The summed E-state index contributed by atoms with van der Waals surface area (Å²) < 4.78 is 1.60. The van der Waals surface area contributed by atoms with Crippen LogP contribution in [0.5, 0.6) is 0 Å². The molecule has 0 amide bonds. The van der Waals surface area contributed by atoms with Gasteiger partial charge in [0.25, 0.3) is 0 Å². The molecule has 0 bridgehead atoms. The second-order valence-corrected chi connectivity index (χ2v) is 5.04. The smallest absolute Gasteiger partial charge is 0.270 e. The Morgan fingerprint density at radius 2 is 2.32 bits per heavy atom. The molecule has 0 radical (unpaired) electrons. The summed E-state index contributed by atoms with van der Waals surface area (Å²) in [4.78, 5) is 11.4. The zero-order valence-electron chi connectivity index (χ0n) is 10.8. The molecule has 2 rings (SSSR count). The summed E-state index contributed by atoms with van der Waals surface area (Å²) in [7, 11) is 0. The Kier molecular flexibility index (Phi) is 4.07. The van der Waals surface area contributed by atoms with Gasteiger partial charge in [-0.05, 0) is 37.1 Å². The van der Waals surface area contributed by atoms with Crippen molar-refractivity contribution in [1.29, 1.82) is 5.26 Å². The monoisotopic (exact) mass is 274 g/mol. The minimum atomic E-state index is -0.179. The molecule has 0 aliphatic carbocycles. The summed E-state index contributed by atoms with van der Waals surface area (Å²) >= 11 is 1.51. The largest absolute Gasteiger partial charge is 0.343 e. The summed E-state index contributed by atoms with van der Waals surface area (Å²) in [6.45, 7) is 4.49. The maximum atomic E-state index is 11.4. The van der Waals surface area contributed by atoms with E-state index in [0.29, 0.717) is 17.3 Å². The predicted molar refractivity (Wildman–Crippen MR) is 74.0 cm³/mol. The highest BCUT2D eigenvalue weighted by molar-refractivity contribution is 7.98. The topological polar surface area (TPSA) is 74.5 Å². The first-order valence-electron chi connectivity index (χ1n) is 5.93. The van der Waals surface area contributed by atoms with Gasteiger partial charge in [-0.1, -0.05) is 17.8 Å². The molecule has 0 aliphatic heterocycles. The number of nitriles is 1. The number of nitrogens with zero attached hydrogens (tertiary/aromatic N) is 3. The van der Waals surface area contributed by atoms with E-state index < -0.39 is 0 Å². The number of benzene rings is 1. The Balaban J connectivity index is 2.15. The fourth-order valence-electron chi connectivity index (χ4n) is 1.76. The van der Waals surface area contributed by atoms with Crippen LogP contribution in [0.4, 0.5) is 0 Å². The van der Waals surface area contributed by atoms with Crippen molar-refractivity contribution in [3.05, 3.63) is 45.4 Å². The second-order valence-electron chi connectivity index (χ2n) is 4.10. The predicted octanol–water partition coefficient (Wildman–Crippen LogP) is 2.06. The fraction of sp³-hybridized carbons (Fsp3) is 0.308. The standard InChI is InChI=1S/C13H14N4OS/c1-3-17-12(18)15-16-13(17)19-8-11-5-4-10(7-14)6-9(11)2/h4-6H,3,8H2,1-2H3,(H,15,18). The third-order valence-electron chi connectivity index (χ3n) is 2.87. The van der Waals surface area contributed by atoms with Gasteiger partial charge in [0.2, 0.25) is 0 Å². The molecule has 5 nitrogen and oxygen atoms in total. The first-order chi connectivity index (χ1) is 9.15. The van der Waals surface area contributed by atoms with Crippen molar-refractivity contribution in [2.24, 2.45) is 0 Å². The van der Waals surface area contributed by atoms with E-state index >= 15 is 0 Å². The van der Waals surface area contributed by atoms with E-state index in [9.17, 15) is 4.79 Å².